The van der Waals surface area contributed by atoms with E-state index in [0.29, 0.717) is 12.5 Å². The second-order valence-electron chi connectivity index (χ2n) is 5.29. The van der Waals surface area contributed by atoms with Crippen molar-refractivity contribution in [3.05, 3.63) is 53.2 Å². The van der Waals surface area contributed by atoms with Crippen LogP contribution in [0.4, 0.5) is 5.69 Å². The van der Waals surface area contributed by atoms with E-state index in [1.165, 1.54) is 11.1 Å². The minimum Gasteiger partial charge on any atom is -0.473 e. The first-order valence-corrected chi connectivity index (χ1v) is 7.49. The zero-order chi connectivity index (χ0) is 15.9. The number of rotatable bonds is 6. The fraction of sp³-hybridized carbons (Fsp3) is 0.333. The average Bonchev–Trinajstić information content (AvgIpc) is 2.53. The molecule has 0 radical (unpaired) electrons. The van der Waals surface area contributed by atoms with Crippen LogP contribution in [0.5, 0.6) is 5.88 Å². The Morgan fingerprint density at radius 2 is 1.95 bits per heavy atom. The van der Waals surface area contributed by atoms with Crippen molar-refractivity contribution in [1.82, 2.24) is 9.88 Å². The molecular formula is C18H23N3O. The van der Waals surface area contributed by atoms with Crippen LogP contribution in [0.25, 0.3) is 0 Å². The fourth-order valence-electron chi connectivity index (χ4n) is 1.91. The maximum atomic E-state index is 5.78. The van der Waals surface area contributed by atoms with Crippen molar-refractivity contribution in [3.8, 4) is 5.88 Å². The van der Waals surface area contributed by atoms with Gasteiger partial charge in [0.1, 0.15) is 6.61 Å². The first-order valence-electron chi connectivity index (χ1n) is 7.49. The summed E-state index contributed by atoms with van der Waals surface area (Å²) in [5, 5.41) is 0. The molecule has 0 atom stereocenters. The second-order valence-corrected chi connectivity index (χ2v) is 5.29. The molecule has 0 unspecified atom stereocenters. The molecule has 0 bridgehead atoms. The van der Waals surface area contributed by atoms with Crippen molar-refractivity contribution in [1.29, 1.82) is 0 Å². The van der Waals surface area contributed by atoms with Crippen LogP contribution in [-0.2, 0) is 6.61 Å². The Morgan fingerprint density at radius 1 is 1.18 bits per heavy atom. The lowest BCUT2D eigenvalue weighted by Crippen LogP contribution is -2.14. The zero-order valence-electron chi connectivity index (χ0n) is 13.7. The normalized spacial score (nSPS) is 10.9. The zero-order valence-corrected chi connectivity index (χ0v) is 13.7. The Kier molecular flexibility index (Phi) is 5.53. The van der Waals surface area contributed by atoms with E-state index in [1.54, 1.807) is 0 Å². The van der Waals surface area contributed by atoms with Gasteiger partial charge < -0.3 is 9.64 Å². The highest BCUT2D eigenvalue weighted by molar-refractivity contribution is 5.62. The Labute approximate surface area is 132 Å². The Bertz CT molecular complexity index is 653. The van der Waals surface area contributed by atoms with Crippen molar-refractivity contribution < 1.29 is 4.74 Å². The topological polar surface area (TPSA) is 37.7 Å². The van der Waals surface area contributed by atoms with E-state index in [0.717, 1.165) is 17.9 Å². The maximum Gasteiger partial charge on any atom is 0.213 e. The lowest BCUT2D eigenvalue weighted by atomic mass is 10.1. The van der Waals surface area contributed by atoms with Crippen molar-refractivity contribution in [3.63, 3.8) is 0 Å². The van der Waals surface area contributed by atoms with E-state index in [2.05, 4.69) is 36.0 Å². The quantitative estimate of drug-likeness (QED) is 0.599. The number of pyridine rings is 1. The van der Waals surface area contributed by atoms with Crippen molar-refractivity contribution in [2.24, 2.45) is 4.99 Å². The first-order chi connectivity index (χ1) is 10.6. The fourth-order valence-corrected chi connectivity index (χ4v) is 1.91. The summed E-state index contributed by atoms with van der Waals surface area (Å²) in [6, 6.07) is 12.0. The molecule has 0 saturated heterocycles. The molecule has 0 saturated carbocycles. The summed E-state index contributed by atoms with van der Waals surface area (Å²) in [7, 11) is 1.99. The molecule has 0 amide bonds. The van der Waals surface area contributed by atoms with E-state index >= 15 is 0 Å². The number of benzene rings is 1. The van der Waals surface area contributed by atoms with Gasteiger partial charge in [0.25, 0.3) is 0 Å². The van der Waals surface area contributed by atoms with Gasteiger partial charge in [-0.15, -0.1) is 0 Å². The van der Waals surface area contributed by atoms with Crippen LogP contribution in [0.2, 0.25) is 0 Å². The largest absolute Gasteiger partial charge is 0.473 e. The molecule has 1 aromatic carbocycles. The van der Waals surface area contributed by atoms with Crippen LogP contribution in [0.3, 0.4) is 0 Å². The van der Waals surface area contributed by atoms with Gasteiger partial charge in [0.15, 0.2) is 0 Å². The van der Waals surface area contributed by atoms with Gasteiger partial charge in [0, 0.05) is 19.7 Å². The lowest BCUT2D eigenvalue weighted by Gasteiger charge is -2.10. The molecule has 0 aliphatic heterocycles. The summed E-state index contributed by atoms with van der Waals surface area (Å²) in [5.41, 5.74) is 4.13. The summed E-state index contributed by atoms with van der Waals surface area (Å²) in [6.45, 7) is 7.56. The third-order valence-corrected chi connectivity index (χ3v) is 3.56. The molecule has 0 aliphatic rings. The van der Waals surface area contributed by atoms with E-state index < -0.39 is 0 Å². The number of ether oxygens (including phenoxy) is 1. The third-order valence-electron chi connectivity index (χ3n) is 3.56. The molecule has 1 aromatic heterocycles. The maximum absolute atomic E-state index is 5.78. The molecule has 0 N–H and O–H groups in total. The van der Waals surface area contributed by atoms with Crippen LogP contribution < -0.4 is 4.74 Å². The van der Waals surface area contributed by atoms with Crippen molar-refractivity contribution in [2.45, 2.75) is 27.4 Å². The summed E-state index contributed by atoms with van der Waals surface area (Å²) in [6.07, 6.45) is 1.82. The predicted octanol–water partition coefficient (Wildman–Crippen LogP) is 3.89. The summed E-state index contributed by atoms with van der Waals surface area (Å²) in [4.78, 5) is 10.9. The molecule has 0 aliphatic carbocycles. The molecule has 1 heterocycles. The molecule has 116 valence electrons. The SMILES string of the molecule is CCN(C)C=Nc1ccc(OCc2ccccc2C)nc1C. The van der Waals surface area contributed by atoms with Gasteiger partial charge in [0.05, 0.1) is 17.7 Å². The smallest absolute Gasteiger partial charge is 0.213 e. The van der Waals surface area contributed by atoms with Crippen LogP contribution in [0, 0.1) is 13.8 Å². The van der Waals surface area contributed by atoms with Gasteiger partial charge >= 0.3 is 0 Å². The molecule has 4 heteroatoms. The molecule has 22 heavy (non-hydrogen) atoms. The number of aliphatic imine (C=N–C) groups is 1. The highest BCUT2D eigenvalue weighted by Gasteiger charge is 2.03. The van der Waals surface area contributed by atoms with Crippen LogP contribution in [0.15, 0.2) is 41.4 Å². The molecule has 0 spiro atoms. The minimum absolute atomic E-state index is 0.528. The highest BCUT2D eigenvalue weighted by Crippen LogP contribution is 2.20. The van der Waals surface area contributed by atoms with Gasteiger partial charge in [-0.1, -0.05) is 24.3 Å². The standard InChI is InChI=1S/C18H23N3O/c1-5-21(4)13-19-17-10-11-18(20-15(17)3)22-12-16-9-7-6-8-14(16)2/h6-11,13H,5,12H2,1-4H3. The van der Waals surface area contributed by atoms with E-state index in [4.69, 9.17) is 4.74 Å². The Hall–Kier alpha value is -2.36. The monoisotopic (exact) mass is 297 g/mol. The lowest BCUT2D eigenvalue weighted by molar-refractivity contribution is 0.292. The summed E-state index contributed by atoms with van der Waals surface area (Å²) in [5.74, 6) is 0.628. The molecule has 2 aromatic rings. The number of aryl methyl sites for hydroxylation is 2. The Morgan fingerprint density at radius 3 is 2.64 bits per heavy atom. The minimum atomic E-state index is 0.528. The second kappa shape index (κ2) is 7.59. The first kappa shape index (κ1) is 16.0. The number of aromatic nitrogens is 1. The molecular weight excluding hydrogens is 274 g/mol. The van der Waals surface area contributed by atoms with Crippen molar-refractivity contribution in [2.75, 3.05) is 13.6 Å². The van der Waals surface area contributed by atoms with Crippen molar-refractivity contribution >= 4 is 12.0 Å². The van der Waals surface area contributed by atoms with E-state index in [9.17, 15) is 0 Å². The van der Waals surface area contributed by atoms with Crippen LogP contribution in [-0.4, -0.2) is 29.8 Å². The van der Waals surface area contributed by atoms with Gasteiger partial charge in [-0.25, -0.2) is 9.98 Å². The van der Waals surface area contributed by atoms with E-state index in [1.807, 2.05) is 49.5 Å². The molecule has 0 fully saturated rings. The van der Waals surface area contributed by atoms with Gasteiger partial charge in [-0.2, -0.15) is 0 Å². The average molecular weight is 297 g/mol. The van der Waals surface area contributed by atoms with Gasteiger partial charge in [-0.05, 0) is 38.0 Å². The van der Waals surface area contributed by atoms with Gasteiger partial charge in [0.2, 0.25) is 5.88 Å². The highest BCUT2D eigenvalue weighted by atomic mass is 16.5. The third kappa shape index (κ3) is 4.32. The summed E-state index contributed by atoms with van der Waals surface area (Å²) < 4.78 is 5.78. The van der Waals surface area contributed by atoms with Crippen LogP contribution in [0.1, 0.15) is 23.7 Å². The summed E-state index contributed by atoms with van der Waals surface area (Å²) >= 11 is 0. The van der Waals surface area contributed by atoms with E-state index in [-0.39, 0.29) is 0 Å². The Balaban J connectivity index is 2.03. The number of hydrogen-bond acceptors (Lipinski definition) is 3. The molecule has 4 nitrogen and oxygen atoms in total. The molecule has 2 rings (SSSR count). The van der Waals surface area contributed by atoms with Crippen LogP contribution >= 0.6 is 0 Å². The predicted molar refractivity (Wildman–Crippen MR) is 90.9 cm³/mol. The van der Waals surface area contributed by atoms with Gasteiger partial charge in [-0.3, -0.25) is 0 Å². The number of nitrogens with zero attached hydrogens (tertiary/aromatic N) is 3. The number of hydrogen-bond donors (Lipinski definition) is 0.